The van der Waals surface area contributed by atoms with Crippen LogP contribution in [0.25, 0.3) is 0 Å². The first kappa shape index (κ1) is 18.8. The molecule has 0 radical (unpaired) electrons. The van der Waals surface area contributed by atoms with Crippen molar-refractivity contribution in [1.82, 2.24) is 10.3 Å². The number of fused-ring (bicyclic) bond motifs is 1. The van der Waals surface area contributed by atoms with Crippen LogP contribution in [-0.2, 0) is 9.59 Å². The van der Waals surface area contributed by atoms with E-state index >= 15 is 0 Å². The van der Waals surface area contributed by atoms with Gasteiger partial charge in [0.2, 0.25) is 5.91 Å². The molecule has 0 bridgehead atoms. The maximum Gasteiger partial charge on any atom is 0.252 e. The van der Waals surface area contributed by atoms with Crippen molar-refractivity contribution in [1.29, 1.82) is 0 Å². The largest absolute Gasteiger partial charge is 0.390 e. The second kappa shape index (κ2) is 6.95. The fraction of sp³-hybridized carbons (Fsp3) is 0.684. The molecular weight excluding hydrogens is 332 g/mol. The van der Waals surface area contributed by atoms with Crippen LogP contribution >= 0.6 is 0 Å². The monoisotopic (exact) mass is 360 g/mol. The minimum atomic E-state index is -0.696. The molecular formula is C19H28N4O3. The van der Waals surface area contributed by atoms with Crippen molar-refractivity contribution in [3.8, 4) is 0 Å². The van der Waals surface area contributed by atoms with Gasteiger partial charge in [0.25, 0.3) is 5.91 Å². The predicted molar refractivity (Wildman–Crippen MR) is 99.9 cm³/mol. The first-order valence-corrected chi connectivity index (χ1v) is 9.36. The van der Waals surface area contributed by atoms with Crippen LogP contribution in [0.15, 0.2) is 22.2 Å². The summed E-state index contributed by atoms with van der Waals surface area (Å²) in [7, 11) is 0. The SMILES string of the molecule is CCC1=NN(CC(=O)NC2CC(C)(O)C2)C(=O)[C@H]2C=CC(C(C)C)=N[C@H]12. The van der Waals surface area contributed by atoms with E-state index in [1.54, 1.807) is 6.92 Å². The number of amides is 2. The molecule has 2 heterocycles. The number of rotatable bonds is 5. The predicted octanol–water partition coefficient (Wildman–Crippen LogP) is 1.28. The second-order valence-corrected chi connectivity index (χ2v) is 8.05. The van der Waals surface area contributed by atoms with Gasteiger partial charge in [-0.15, -0.1) is 0 Å². The highest BCUT2D eigenvalue weighted by Crippen LogP contribution is 2.31. The van der Waals surface area contributed by atoms with Crippen molar-refractivity contribution in [3.63, 3.8) is 0 Å². The molecule has 1 aliphatic carbocycles. The number of hydrazone groups is 1. The van der Waals surface area contributed by atoms with E-state index in [4.69, 9.17) is 4.99 Å². The quantitative estimate of drug-likeness (QED) is 0.773. The highest BCUT2D eigenvalue weighted by Gasteiger charge is 2.41. The summed E-state index contributed by atoms with van der Waals surface area (Å²) in [4.78, 5) is 29.8. The number of nitrogens with one attached hydrogen (secondary N) is 1. The number of dihydropyridines is 1. The van der Waals surface area contributed by atoms with Crippen LogP contribution < -0.4 is 5.32 Å². The molecule has 0 aromatic rings. The molecule has 0 unspecified atom stereocenters. The lowest BCUT2D eigenvalue weighted by Gasteiger charge is -2.41. The van der Waals surface area contributed by atoms with Gasteiger partial charge in [-0.25, -0.2) is 5.01 Å². The van der Waals surface area contributed by atoms with Crippen molar-refractivity contribution in [2.45, 2.75) is 64.6 Å². The molecule has 0 spiro atoms. The number of hydrogen-bond donors (Lipinski definition) is 2. The molecule has 142 valence electrons. The Kier molecular flexibility index (Phi) is 5.01. The summed E-state index contributed by atoms with van der Waals surface area (Å²) in [6.07, 6.45) is 5.57. The van der Waals surface area contributed by atoms with Crippen LogP contribution in [-0.4, -0.2) is 57.6 Å². The third kappa shape index (κ3) is 3.72. The Hall–Kier alpha value is -2.02. The molecule has 3 aliphatic rings. The Bertz CT molecular complexity index is 685. The van der Waals surface area contributed by atoms with Crippen molar-refractivity contribution in [3.05, 3.63) is 12.2 Å². The second-order valence-electron chi connectivity index (χ2n) is 8.05. The summed E-state index contributed by atoms with van der Waals surface area (Å²) in [5.74, 6) is -0.528. The molecule has 2 aliphatic heterocycles. The van der Waals surface area contributed by atoms with Crippen LogP contribution in [0.4, 0.5) is 0 Å². The number of hydrogen-bond acceptors (Lipinski definition) is 5. The molecule has 0 saturated heterocycles. The zero-order valence-electron chi connectivity index (χ0n) is 15.9. The maximum atomic E-state index is 12.8. The van der Waals surface area contributed by atoms with Gasteiger partial charge in [-0.2, -0.15) is 5.10 Å². The summed E-state index contributed by atoms with van der Waals surface area (Å²) in [6, 6.07) is -0.288. The fourth-order valence-corrected chi connectivity index (χ4v) is 3.77. The molecule has 0 aromatic heterocycles. The molecule has 2 amide bonds. The van der Waals surface area contributed by atoms with Gasteiger partial charge < -0.3 is 10.4 Å². The number of carbonyl (C=O) groups is 2. The third-order valence-corrected chi connectivity index (χ3v) is 5.22. The van der Waals surface area contributed by atoms with E-state index in [2.05, 4.69) is 24.3 Å². The van der Waals surface area contributed by atoms with Crippen molar-refractivity contribution in [2.75, 3.05) is 6.54 Å². The average molecular weight is 360 g/mol. The Morgan fingerprint density at radius 3 is 2.73 bits per heavy atom. The van der Waals surface area contributed by atoms with Gasteiger partial charge in [-0.3, -0.25) is 14.6 Å². The normalized spacial score (nSPS) is 33.4. The minimum Gasteiger partial charge on any atom is -0.390 e. The Labute approximate surface area is 154 Å². The Morgan fingerprint density at radius 2 is 2.15 bits per heavy atom. The number of aliphatic imine (C=N–C) groups is 1. The van der Waals surface area contributed by atoms with Crippen molar-refractivity contribution < 1.29 is 14.7 Å². The molecule has 2 N–H and O–H groups in total. The van der Waals surface area contributed by atoms with E-state index < -0.39 is 5.60 Å². The summed E-state index contributed by atoms with van der Waals surface area (Å²) < 4.78 is 0. The van der Waals surface area contributed by atoms with E-state index in [1.165, 1.54) is 5.01 Å². The minimum absolute atomic E-state index is 0.0347. The number of aliphatic hydroxyl groups is 1. The number of nitrogens with zero attached hydrogens (tertiary/aromatic N) is 3. The average Bonchev–Trinajstić information content (AvgIpc) is 2.55. The number of allylic oxidation sites excluding steroid dienone is 1. The molecule has 2 atom stereocenters. The summed E-state index contributed by atoms with van der Waals surface area (Å²) in [5, 5.41) is 18.3. The molecule has 1 saturated carbocycles. The van der Waals surface area contributed by atoms with Gasteiger partial charge in [-0.05, 0) is 38.2 Å². The Balaban J connectivity index is 1.69. The molecule has 3 rings (SSSR count). The van der Waals surface area contributed by atoms with Gasteiger partial charge in [-0.1, -0.05) is 26.8 Å². The highest BCUT2D eigenvalue weighted by molar-refractivity contribution is 6.06. The smallest absolute Gasteiger partial charge is 0.252 e. The van der Waals surface area contributed by atoms with Crippen LogP contribution in [0.3, 0.4) is 0 Å². The lowest BCUT2D eigenvalue weighted by Crippen LogP contribution is -2.56. The van der Waals surface area contributed by atoms with Crippen LogP contribution in [0.2, 0.25) is 0 Å². The van der Waals surface area contributed by atoms with E-state index in [-0.39, 0.29) is 36.4 Å². The molecule has 26 heavy (non-hydrogen) atoms. The van der Waals surface area contributed by atoms with Crippen LogP contribution in [0.5, 0.6) is 0 Å². The zero-order valence-corrected chi connectivity index (χ0v) is 15.9. The summed E-state index contributed by atoms with van der Waals surface area (Å²) in [6.45, 7) is 7.79. The lowest BCUT2D eigenvalue weighted by molar-refractivity contribution is -0.140. The third-order valence-electron chi connectivity index (χ3n) is 5.22. The van der Waals surface area contributed by atoms with Crippen molar-refractivity contribution >= 4 is 23.2 Å². The molecule has 0 aromatic carbocycles. The highest BCUT2D eigenvalue weighted by atomic mass is 16.3. The van der Waals surface area contributed by atoms with E-state index in [1.807, 2.05) is 19.1 Å². The van der Waals surface area contributed by atoms with E-state index in [0.29, 0.717) is 25.2 Å². The molecule has 7 heteroatoms. The van der Waals surface area contributed by atoms with Crippen LogP contribution in [0, 0.1) is 11.8 Å². The fourth-order valence-electron chi connectivity index (χ4n) is 3.77. The topological polar surface area (TPSA) is 94.4 Å². The first-order valence-electron chi connectivity index (χ1n) is 9.36. The number of carbonyl (C=O) groups excluding carboxylic acids is 2. The van der Waals surface area contributed by atoms with E-state index in [9.17, 15) is 14.7 Å². The van der Waals surface area contributed by atoms with Gasteiger partial charge in [0, 0.05) is 11.8 Å². The van der Waals surface area contributed by atoms with E-state index in [0.717, 1.165) is 11.4 Å². The zero-order chi connectivity index (χ0) is 19.1. The first-order chi connectivity index (χ1) is 12.2. The molecule has 7 nitrogen and oxygen atoms in total. The van der Waals surface area contributed by atoms with Gasteiger partial charge >= 0.3 is 0 Å². The van der Waals surface area contributed by atoms with Gasteiger partial charge in [0.15, 0.2) is 0 Å². The summed E-state index contributed by atoms with van der Waals surface area (Å²) >= 11 is 0. The standard InChI is InChI=1S/C19H28N4O3/c1-5-14-17-13(6-7-15(21-17)11(2)3)18(25)23(22-14)10-16(24)20-12-8-19(4,26)9-12/h6-7,11-13,17,26H,5,8-10H2,1-4H3,(H,20,24)/t12?,13-,17-,19?/m0/s1. The van der Waals surface area contributed by atoms with Gasteiger partial charge in [0.1, 0.15) is 12.6 Å². The van der Waals surface area contributed by atoms with Crippen molar-refractivity contribution in [2.24, 2.45) is 21.9 Å². The lowest BCUT2D eigenvalue weighted by atomic mass is 9.77. The Morgan fingerprint density at radius 1 is 1.46 bits per heavy atom. The van der Waals surface area contributed by atoms with Gasteiger partial charge in [0.05, 0.1) is 17.2 Å². The summed E-state index contributed by atoms with van der Waals surface area (Å²) in [5.41, 5.74) is 1.11. The maximum absolute atomic E-state index is 12.8. The van der Waals surface area contributed by atoms with Crippen LogP contribution in [0.1, 0.15) is 47.0 Å². The molecule has 1 fully saturated rings.